The van der Waals surface area contributed by atoms with Crippen molar-refractivity contribution in [2.75, 3.05) is 31.5 Å². The molecule has 0 aliphatic heterocycles. The molecule has 5 N–H and O–H groups in total. The number of carboxylic acid groups (broad SMARTS) is 4. The number of nitrogens with one attached hydrogen (secondary N) is 1. The van der Waals surface area contributed by atoms with Crippen molar-refractivity contribution >= 4 is 58.7 Å². The number of benzene rings is 2. The molecule has 17 nitrogen and oxygen atoms in total. The van der Waals surface area contributed by atoms with E-state index in [-0.39, 0.29) is 29.6 Å². The summed E-state index contributed by atoms with van der Waals surface area (Å²) in [4.78, 5) is 74.6. The van der Waals surface area contributed by atoms with Crippen molar-refractivity contribution in [3.63, 3.8) is 0 Å². The Labute approximate surface area is 345 Å². The number of nitrogens with zero attached hydrogens (tertiary/aromatic N) is 8. The summed E-state index contributed by atoms with van der Waals surface area (Å²) in [6, 6.07) is 29.0. The smallest absolute Gasteiger partial charge is 0.317 e. The zero-order valence-corrected chi connectivity index (χ0v) is 32.2. The summed E-state index contributed by atoms with van der Waals surface area (Å²) < 4.78 is 0. The van der Waals surface area contributed by atoms with Crippen molar-refractivity contribution in [2.45, 2.75) is 13.1 Å². The maximum absolute atomic E-state index is 11.5. The summed E-state index contributed by atoms with van der Waals surface area (Å²) in [6.07, 6.45) is 0. The van der Waals surface area contributed by atoms with E-state index in [1.54, 1.807) is 36.4 Å². The first kappa shape index (κ1) is 41.7. The lowest BCUT2D eigenvalue weighted by Crippen LogP contribution is -2.34. The highest BCUT2D eigenvalue weighted by Gasteiger charge is 2.19. The van der Waals surface area contributed by atoms with Crippen molar-refractivity contribution in [3.8, 4) is 45.0 Å². The van der Waals surface area contributed by atoms with Gasteiger partial charge in [0.1, 0.15) is 0 Å². The molecule has 0 saturated heterocycles. The van der Waals surface area contributed by atoms with Crippen LogP contribution in [0.2, 0.25) is 10.6 Å². The van der Waals surface area contributed by atoms with Crippen LogP contribution in [0.3, 0.4) is 0 Å². The lowest BCUT2D eigenvalue weighted by atomic mass is 9.98. The number of carbonyl (C=O) groups is 4. The summed E-state index contributed by atoms with van der Waals surface area (Å²) in [5, 5.41) is 40.4. The van der Waals surface area contributed by atoms with Crippen LogP contribution in [0.25, 0.3) is 45.0 Å². The monoisotopic (exact) mass is 837 g/mol. The standard InChI is InChI=1S/C40H33Cl2N9O8/c41-38-47-39(42)49-40(48-38)46-29-8-2-1-7-28(29)24-13-11-23(12-14-24)25-15-32(30-9-3-5-26(43-30)17-50(19-34(52)53)20-35(54)55)45-33(16-25)31-10-4-6-27(44-31)18-51(21-36(56)57)22-37(58)59/h1-16H,17-22H2,(H,52,53)(H,54,55)(H,56,57)(H,58,59)(H,46,47,48,49). The molecule has 0 fully saturated rings. The second kappa shape index (κ2) is 19.0. The average molecular weight is 839 g/mol. The van der Waals surface area contributed by atoms with Crippen LogP contribution in [0.1, 0.15) is 11.4 Å². The predicted molar refractivity (Wildman–Crippen MR) is 216 cm³/mol. The van der Waals surface area contributed by atoms with Gasteiger partial charge in [0.15, 0.2) is 0 Å². The van der Waals surface area contributed by atoms with Gasteiger partial charge in [0.25, 0.3) is 0 Å². The van der Waals surface area contributed by atoms with Crippen molar-refractivity contribution in [2.24, 2.45) is 0 Å². The SMILES string of the molecule is O=C(O)CN(CC(=O)O)Cc1cccc(-c2cc(-c3ccc(-c4ccccc4Nc4nc(Cl)nc(Cl)n4)cc3)cc(-c3cccc(CN(CC(=O)O)CC(=O)O)n3)n2)n1. The Balaban J connectivity index is 1.39. The molecule has 59 heavy (non-hydrogen) atoms. The molecule has 19 heteroatoms. The van der Waals surface area contributed by atoms with E-state index in [1.165, 1.54) is 9.80 Å². The third kappa shape index (κ3) is 11.8. The molecule has 0 amide bonds. The lowest BCUT2D eigenvalue weighted by molar-refractivity contribution is -0.144. The van der Waals surface area contributed by atoms with E-state index in [0.29, 0.717) is 45.4 Å². The van der Waals surface area contributed by atoms with Gasteiger partial charge in [0.05, 0.1) is 60.3 Å². The van der Waals surface area contributed by atoms with E-state index in [9.17, 15) is 39.6 Å². The summed E-state index contributed by atoms with van der Waals surface area (Å²) in [7, 11) is 0. The van der Waals surface area contributed by atoms with Crippen LogP contribution >= 0.6 is 23.2 Å². The van der Waals surface area contributed by atoms with Gasteiger partial charge in [-0.1, -0.05) is 54.6 Å². The summed E-state index contributed by atoms with van der Waals surface area (Å²) in [6.45, 7) is -2.15. The minimum Gasteiger partial charge on any atom is -0.480 e. The predicted octanol–water partition coefficient (Wildman–Crippen LogP) is 5.72. The Morgan fingerprint density at radius 1 is 0.492 bits per heavy atom. The number of anilines is 2. The van der Waals surface area contributed by atoms with E-state index >= 15 is 0 Å². The normalized spacial score (nSPS) is 11.1. The molecule has 6 aromatic rings. The van der Waals surface area contributed by atoms with Crippen LogP contribution in [-0.2, 0) is 32.3 Å². The van der Waals surface area contributed by atoms with Crippen LogP contribution < -0.4 is 5.32 Å². The molecule has 0 atom stereocenters. The zero-order valence-electron chi connectivity index (χ0n) is 30.7. The molecule has 0 bridgehead atoms. The van der Waals surface area contributed by atoms with E-state index < -0.39 is 50.1 Å². The van der Waals surface area contributed by atoms with E-state index in [2.05, 4.69) is 20.3 Å². The zero-order chi connectivity index (χ0) is 42.1. The Kier molecular flexibility index (Phi) is 13.4. The molecule has 0 saturated carbocycles. The number of carboxylic acids is 4. The lowest BCUT2D eigenvalue weighted by Gasteiger charge is -2.18. The molecular formula is C40H33Cl2N9O8. The quantitative estimate of drug-likeness (QED) is 0.0695. The van der Waals surface area contributed by atoms with Crippen LogP contribution in [0.4, 0.5) is 11.6 Å². The Morgan fingerprint density at radius 2 is 0.949 bits per heavy atom. The van der Waals surface area contributed by atoms with Crippen molar-refractivity contribution in [3.05, 3.63) is 119 Å². The van der Waals surface area contributed by atoms with Crippen LogP contribution in [0.5, 0.6) is 0 Å². The van der Waals surface area contributed by atoms with Gasteiger partial charge in [-0.2, -0.15) is 15.0 Å². The Hall–Kier alpha value is -6.92. The number of rotatable bonds is 18. The maximum atomic E-state index is 11.5. The first-order valence-electron chi connectivity index (χ1n) is 17.6. The molecule has 0 aliphatic carbocycles. The number of hydrogen-bond acceptors (Lipinski definition) is 13. The maximum Gasteiger partial charge on any atom is 0.317 e. The fourth-order valence-electron chi connectivity index (χ4n) is 6.13. The van der Waals surface area contributed by atoms with Gasteiger partial charge in [-0.25, -0.2) is 15.0 Å². The first-order chi connectivity index (χ1) is 28.3. The molecule has 0 aliphatic rings. The van der Waals surface area contributed by atoms with E-state index in [0.717, 1.165) is 16.7 Å². The third-order valence-electron chi connectivity index (χ3n) is 8.45. The van der Waals surface area contributed by atoms with E-state index in [4.69, 9.17) is 38.2 Å². The molecule has 2 aromatic carbocycles. The largest absolute Gasteiger partial charge is 0.480 e. The van der Waals surface area contributed by atoms with Gasteiger partial charge in [0.2, 0.25) is 16.5 Å². The molecule has 4 aromatic heterocycles. The Bertz CT molecular complexity index is 2380. The number of halogens is 2. The highest BCUT2D eigenvalue weighted by Crippen LogP contribution is 2.34. The highest BCUT2D eigenvalue weighted by molar-refractivity contribution is 6.31. The van der Waals surface area contributed by atoms with Crippen molar-refractivity contribution in [1.82, 2.24) is 39.7 Å². The molecule has 300 valence electrons. The van der Waals surface area contributed by atoms with Gasteiger partial charge in [-0.15, -0.1) is 0 Å². The molecule has 0 spiro atoms. The minimum atomic E-state index is -1.19. The van der Waals surface area contributed by atoms with Gasteiger partial charge in [-0.3, -0.25) is 29.0 Å². The van der Waals surface area contributed by atoms with Crippen molar-refractivity contribution < 1.29 is 39.6 Å². The van der Waals surface area contributed by atoms with E-state index in [1.807, 2.05) is 60.7 Å². The summed E-state index contributed by atoms with van der Waals surface area (Å²) >= 11 is 12.0. The van der Waals surface area contributed by atoms with Gasteiger partial charge in [0, 0.05) is 24.3 Å². The minimum absolute atomic E-state index is 0.0586. The summed E-state index contributed by atoms with van der Waals surface area (Å²) in [5.74, 6) is -4.58. The molecular weight excluding hydrogens is 805 g/mol. The number of pyridine rings is 3. The van der Waals surface area contributed by atoms with Gasteiger partial charge >= 0.3 is 23.9 Å². The van der Waals surface area contributed by atoms with Gasteiger partial charge in [-0.05, 0) is 82.4 Å². The summed E-state index contributed by atoms with van der Waals surface area (Å²) in [5.41, 5.74) is 6.34. The van der Waals surface area contributed by atoms with Crippen LogP contribution in [-0.4, -0.2) is 110 Å². The number of hydrogen-bond donors (Lipinski definition) is 5. The number of para-hydroxylation sites is 1. The molecule has 0 unspecified atom stereocenters. The third-order valence-corrected chi connectivity index (χ3v) is 8.79. The second-order valence-electron chi connectivity index (χ2n) is 13.0. The number of aliphatic carboxylic acids is 4. The molecule has 4 heterocycles. The first-order valence-corrected chi connectivity index (χ1v) is 18.3. The second-order valence-corrected chi connectivity index (χ2v) is 13.6. The highest BCUT2D eigenvalue weighted by atomic mass is 35.5. The fourth-order valence-corrected chi connectivity index (χ4v) is 6.49. The molecule has 6 rings (SSSR count). The topological polar surface area (TPSA) is 245 Å². The Morgan fingerprint density at radius 3 is 1.42 bits per heavy atom. The number of aromatic nitrogens is 6. The van der Waals surface area contributed by atoms with Crippen molar-refractivity contribution in [1.29, 1.82) is 0 Å². The average Bonchev–Trinajstić information content (AvgIpc) is 3.17. The molecule has 0 radical (unpaired) electrons. The van der Waals surface area contributed by atoms with Crippen LogP contribution in [0.15, 0.2) is 97.1 Å². The van der Waals surface area contributed by atoms with Crippen LogP contribution in [0, 0.1) is 0 Å². The van der Waals surface area contributed by atoms with Gasteiger partial charge < -0.3 is 25.7 Å². The fraction of sp³-hybridized carbons (Fsp3) is 0.150.